The van der Waals surface area contributed by atoms with E-state index in [1.54, 1.807) is 0 Å². The van der Waals surface area contributed by atoms with E-state index < -0.39 is 40.9 Å². The third-order valence-corrected chi connectivity index (χ3v) is 1.91. The molecule has 0 saturated heterocycles. The lowest BCUT2D eigenvalue weighted by Gasteiger charge is -2.12. The lowest BCUT2D eigenvalue weighted by atomic mass is 10.4. The molecular weight excluding hydrogens is 306 g/mol. The van der Waals surface area contributed by atoms with Crippen LogP contribution in [0.5, 0.6) is 0 Å². The number of halogens is 4. The molecule has 0 amide bonds. The lowest BCUT2D eigenvalue weighted by Crippen LogP contribution is -2.28. The molecule has 0 heterocycles. The number of rotatable bonds is 6. The highest BCUT2D eigenvalue weighted by atomic mass is 35.5. The van der Waals surface area contributed by atoms with Gasteiger partial charge in [0.2, 0.25) is 9.67 Å². The number of aliphatic hydroxyl groups is 1. The lowest BCUT2D eigenvalue weighted by molar-refractivity contribution is -0.150. The number of alkyl halides is 4. The fourth-order valence-electron chi connectivity index (χ4n) is 0.531. The molecule has 0 bridgehead atoms. The van der Waals surface area contributed by atoms with Crippen molar-refractivity contribution in [1.29, 1.82) is 0 Å². The Morgan fingerprint density at radius 1 is 0.938 bits per heavy atom. The summed E-state index contributed by atoms with van der Waals surface area (Å²) in [5, 5.41) is 9.18. The summed E-state index contributed by atoms with van der Waals surface area (Å²) in [6.07, 6.45) is -1.20. The van der Waals surface area contributed by atoms with Crippen LogP contribution in [0, 0.1) is 0 Å². The van der Waals surface area contributed by atoms with E-state index in [-0.39, 0.29) is 0 Å². The molecule has 0 atom stereocenters. The van der Waals surface area contributed by atoms with E-state index in [0.29, 0.717) is 0 Å². The number of hydrogen-bond donors (Lipinski definition) is 1. The molecule has 0 spiro atoms. The summed E-state index contributed by atoms with van der Waals surface area (Å²) in [6, 6.07) is 0. The smallest absolute Gasteiger partial charge is 0.339 e. The van der Waals surface area contributed by atoms with E-state index >= 15 is 0 Å². The van der Waals surface area contributed by atoms with Crippen LogP contribution >= 0.6 is 46.4 Å². The summed E-state index contributed by atoms with van der Waals surface area (Å²) in [7, 11) is 0. The highest BCUT2D eigenvalue weighted by Crippen LogP contribution is 2.06. The Labute approximate surface area is 111 Å². The normalized spacial score (nSPS) is 11.0. The Hall–Kier alpha value is 0.0600. The largest absolute Gasteiger partial charge is 0.461 e. The summed E-state index contributed by atoms with van der Waals surface area (Å²) >= 11 is 20.7. The van der Waals surface area contributed by atoms with Crippen LogP contribution in [0.3, 0.4) is 0 Å². The molecule has 0 aromatic heterocycles. The third kappa shape index (κ3) is 7.35. The molecule has 0 saturated carbocycles. The molecule has 0 unspecified atom stereocenters. The van der Waals surface area contributed by atoms with E-state index in [0.717, 1.165) is 0 Å². The van der Waals surface area contributed by atoms with E-state index in [9.17, 15) is 14.7 Å². The maximum Gasteiger partial charge on any atom is 0.339 e. The summed E-state index contributed by atoms with van der Waals surface area (Å²) in [4.78, 5) is 18.8. The molecule has 0 aliphatic heterocycles. The van der Waals surface area contributed by atoms with Gasteiger partial charge in [0.15, 0.2) is 0 Å². The van der Waals surface area contributed by atoms with Gasteiger partial charge in [-0.25, -0.2) is 9.59 Å². The van der Waals surface area contributed by atoms with Crippen LogP contribution in [0.1, 0.15) is 0 Å². The zero-order chi connectivity index (χ0) is 12.7. The van der Waals surface area contributed by atoms with Gasteiger partial charge in [0.1, 0.15) is 19.3 Å². The van der Waals surface area contributed by atoms with Gasteiger partial charge in [-0.15, -0.1) is 0 Å². The minimum Gasteiger partial charge on any atom is -0.461 e. The third-order valence-electron chi connectivity index (χ3n) is 1.19. The van der Waals surface area contributed by atoms with E-state index in [1.165, 1.54) is 0 Å². The predicted molar refractivity (Wildman–Crippen MR) is 58.9 cm³/mol. The number of aliphatic hydroxyl groups excluding tert-OH is 1. The molecule has 0 aliphatic carbocycles. The molecule has 0 aromatic carbocycles. The van der Waals surface area contributed by atoms with Gasteiger partial charge in [0.05, 0.1) is 0 Å². The summed E-state index contributed by atoms with van der Waals surface area (Å²) in [5.41, 5.74) is 0. The first-order chi connectivity index (χ1) is 7.34. The number of carbonyl (C=O) groups excluding carboxylic acids is 2. The SMILES string of the molecule is O=C(OCC(O)COC(=O)C(Cl)Cl)C(Cl)Cl. The monoisotopic (exact) mass is 312 g/mol. The van der Waals surface area contributed by atoms with Gasteiger partial charge >= 0.3 is 11.9 Å². The topological polar surface area (TPSA) is 72.8 Å². The van der Waals surface area contributed by atoms with Crippen LogP contribution < -0.4 is 0 Å². The Kier molecular flexibility index (Phi) is 8.23. The van der Waals surface area contributed by atoms with Crippen LogP contribution in [0.2, 0.25) is 0 Å². The fraction of sp³-hybridized carbons (Fsp3) is 0.714. The van der Waals surface area contributed by atoms with Crippen molar-refractivity contribution in [2.45, 2.75) is 15.8 Å². The quantitative estimate of drug-likeness (QED) is 0.586. The molecule has 0 aliphatic rings. The van der Waals surface area contributed by atoms with Gasteiger partial charge in [-0.2, -0.15) is 0 Å². The number of hydrogen-bond acceptors (Lipinski definition) is 5. The van der Waals surface area contributed by atoms with E-state index in [4.69, 9.17) is 46.4 Å². The van der Waals surface area contributed by atoms with Crippen LogP contribution in [-0.2, 0) is 19.1 Å². The number of esters is 2. The Balaban J connectivity index is 3.71. The van der Waals surface area contributed by atoms with Crippen LogP contribution in [-0.4, -0.2) is 46.0 Å². The number of carbonyl (C=O) groups is 2. The average Bonchev–Trinajstić information content (AvgIpc) is 2.21. The van der Waals surface area contributed by atoms with Crippen molar-refractivity contribution in [2.24, 2.45) is 0 Å². The predicted octanol–water partition coefficient (Wildman–Crippen LogP) is 1.04. The van der Waals surface area contributed by atoms with Crippen molar-refractivity contribution in [2.75, 3.05) is 13.2 Å². The van der Waals surface area contributed by atoms with E-state index in [1.807, 2.05) is 0 Å². The molecule has 0 fully saturated rings. The first-order valence-electron chi connectivity index (χ1n) is 3.92. The minimum absolute atomic E-state index is 0.405. The molecule has 1 N–H and O–H groups in total. The second-order valence-electron chi connectivity index (χ2n) is 2.52. The molecule has 0 radical (unpaired) electrons. The molecule has 9 heteroatoms. The number of ether oxygens (including phenoxy) is 2. The molecular formula is C7H8Cl4O5. The van der Waals surface area contributed by atoms with Gasteiger partial charge in [-0.1, -0.05) is 46.4 Å². The van der Waals surface area contributed by atoms with Gasteiger partial charge in [-0.3, -0.25) is 0 Å². The van der Waals surface area contributed by atoms with Crippen LogP contribution in [0.15, 0.2) is 0 Å². The second-order valence-corrected chi connectivity index (χ2v) is 4.71. The Morgan fingerprint density at radius 2 is 1.25 bits per heavy atom. The first kappa shape index (κ1) is 16.1. The fourth-order valence-corrected chi connectivity index (χ4v) is 0.783. The van der Waals surface area contributed by atoms with Gasteiger partial charge in [-0.05, 0) is 0 Å². The first-order valence-corrected chi connectivity index (χ1v) is 5.66. The summed E-state index contributed by atoms with van der Waals surface area (Å²) in [5.74, 6) is -1.80. The van der Waals surface area contributed by atoms with Crippen molar-refractivity contribution < 1.29 is 24.2 Å². The second kappa shape index (κ2) is 8.20. The van der Waals surface area contributed by atoms with Gasteiger partial charge in [0.25, 0.3) is 0 Å². The Bertz CT molecular complexity index is 221. The van der Waals surface area contributed by atoms with Crippen molar-refractivity contribution >= 4 is 58.3 Å². The van der Waals surface area contributed by atoms with Crippen molar-refractivity contribution in [3.63, 3.8) is 0 Å². The van der Waals surface area contributed by atoms with Crippen molar-refractivity contribution in [3.8, 4) is 0 Å². The highest BCUT2D eigenvalue weighted by Gasteiger charge is 2.18. The molecule has 0 rings (SSSR count). The standard InChI is InChI=1S/C7H8Cl4O5/c8-4(9)6(13)15-1-3(12)2-16-7(14)5(10)11/h3-5,12H,1-2H2. The maximum atomic E-state index is 10.7. The Morgan fingerprint density at radius 3 is 1.50 bits per heavy atom. The summed E-state index contributed by atoms with van der Waals surface area (Å²) in [6.45, 7) is -0.811. The van der Waals surface area contributed by atoms with Crippen molar-refractivity contribution in [3.05, 3.63) is 0 Å². The van der Waals surface area contributed by atoms with E-state index in [2.05, 4.69) is 9.47 Å². The van der Waals surface area contributed by atoms with Gasteiger partial charge < -0.3 is 14.6 Å². The minimum atomic E-state index is -1.33. The van der Waals surface area contributed by atoms with Crippen molar-refractivity contribution in [1.82, 2.24) is 0 Å². The molecule has 16 heavy (non-hydrogen) atoms. The zero-order valence-corrected chi connectivity index (χ0v) is 10.8. The zero-order valence-electron chi connectivity index (χ0n) is 7.74. The average molecular weight is 314 g/mol. The molecule has 5 nitrogen and oxygen atoms in total. The molecule has 0 aromatic rings. The highest BCUT2D eigenvalue weighted by molar-refractivity contribution is 6.53. The maximum absolute atomic E-state index is 10.7. The van der Waals surface area contributed by atoms with Crippen LogP contribution in [0.25, 0.3) is 0 Å². The molecule has 94 valence electrons. The van der Waals surface area contributed by atoms with Crippen LogP contribution in [0.4, 0.5) is 0 Å². The summed E-state index contributed by atoms with van der Waals surface area (Å²) < 4.78 is 8.90. The van der Waals surface area contributed by atoms with Gasteiger partial charge in [0, 0.05) is 0 Å².